The van der Waals surface area contributed by atoms with Gasteiger partial charge in [0, 0.05) is 29.7 Å². The Balaban J connectivity index is 1.66. The molecule has 0 aromatic heterocycles. The normalized spacial score (nSPS) is 24.4. The van der Waals surface area contributed by atoms with Crippen LogP contribution in [0, 0.1) is 11.8 Å². The number of allylic oxidation sites excluding steroid dienone is 2. The van der Waals surface area contributed by atoms with Gasteiger partial charge in [0.05, 0.1) is 10.1 Å². The molecule has 0 spiro atoms. The summed E-state index contributed by atoms with van der Waals surface area (Å²) in [6.07, 6.45) is 7.54. The van der Waals surface area contributed by atoms with Gasteiger partial charge in [-0.15, -0.1) is 0 Å². The fraction of sp³-hybridized carbons (Fsp3) is 0.333. The van der Waals surface area contributed by atoms with E-state index in [1.54, 1.807) is 33.7 Å². The van der Waals surface area contributed by atoms with Gasteiger partial charge in [-0.05, 0) is 59.4 Å². The molecule has 1 aliphatic heterocycles. The number of hydrogen-bond acceptors (Lipinski definition) is 5. The van der Waals surface area contributed by atoms with Crippen LogP contribution in [0.15, 0.2) is 52.5 Å². The molecular formula is C18H17NO2S2. The summed E-state index contributed by atoms with van der Waals surface area (Å²) in [5.74, 6) is 0.853. The van der Waals surface area contributed by atoms with E-state index in [1.165, 1.54) is 0 Å². The lowest BCUT2D eigenvalue weighted by atomic mass is 10.2. The Morgan fingerprint density at radius 3 is 1.78 bits per heavy atom. The molecule has 3 fully saturated rings. The first-order chi connectivity index (χ1) is 11.2. The third kappa shape index (κ3) is 3.40. The first kappa shape index (κ1) is 15.1. The highest BCUT2D eigenvalue weighted by atomic mass is 33.1. The Kier molecular flexibility index (Phi) is 4.07. The van der Waals surface area contributed by atoms with E-state index in [9.17, 15) is 9.59 Å². The van der Waals surface area contributed by atoms with Crippen molar-refractivity contribution in [2.75, 3.05) is 4.90 Å². The third-order valence-electron chi connectivity index (χ3n) is 4.16. The third-order valence-corrected chi connectivity index (χ3v) is 6.46. The van der Waals surface area contributed by atoms with Crippen LogP contribution in [-0.2, 0) is 9.59 Å². The van der Waals surface area contributed by atoms with E-state index in [1.807, 2.05) is 35.2 Å². The molecule has 1 aromatic rings. The van der Waals surface area contributed by atoms with Crippen molar-refractivity contribution in [1.82, 2.24) is 0 Å². The van der Waals surface area contributed by atoms with E-state index in [-0.39, 0.29) is 23.4 Å². The van der Waals surface area contributed by atoms with E-state index in [2.05, 4.69) is 0 Å². The van der Waals surface area contributed by atoms with Crippen molar-refractivity contribution >= 4 is 38.8 Å². The van der Waals surface area contributed by atoms with Crippen molar-refractivity contribution in [2.45, 2.75) is 25.7 Å². The number of ketones is 2. The summed E-state index contributed by atoms with van der Waals surface area (Å²) < 4.78 is 0. The van der Waals surface area contributed by atoms with E-state index >= 15 is 0 Å². The fourth-order valence-corrected chi connectivity index (χ4v) is 4.85. The molecule has 2 saturated carbocycles. The number of hydrogen-bond donors (Lipinski definition) is 0. The topological polar surface area (TPSA) is 37.4 Å². The number of anilines is 1. The van der Waals surface area contributed by atoms with Gasteiger partial charge in [0.2, 0.25) is 0 Å². The molecule has 0 unspecified atom stereocenters. The molecule has 4 rings (SSSR count). The highest BCUT2D eigenvalue weighted by molar-refractivity contribution is 8.80. The molecule has 3 aliphatic rings. The van der Waals surface area contributed by atoms with Crippen molar-refractivity contribution in [2.24, 2.45) is 11.8 Å². The molecule has 2 aliphatic carbocycles. The summed E-state index contributed by atoms with van der Waals surface area (Å²) in [5, 5.41) is 1.82. The van der Waals surface area contributed by atoms with Gasteiger partial charge in [0.1, 0.15) is 0 Å². The van der Waals surface area contributed by atoms with Crippen molar-refractivity contribution < 1.29 is 9.59 Å². The Hall–Kier alpha value is -1.46. The summed E-state index contributed by atoms with van der Waals surface area (Å²) in [4.78, 5) is 26.4. The summed E-state index contributed by atoms with van der Waals surface area (Å²) in [6, 6.07) is 9.94. The summed E-state index contributed by atoms with van der Waals surface area (Å²) in [6.45, 7) is 0. The monoisotopic (exact) mass is 343 g/mol. The lowest BCUT2D eigenvalue weighted by molar-refractivity contribution is -0.116. The lowest BCUT2D eigenvalue weighted by Gasteiger charge is -2.19. The second-order valence-electron chi connectivity index (χ2n) is 6.16. The largest absolute Gasteiger partial charge is 0.297 e. The molecule has 1 aromatic carbocycles. The highest BCUT2D eigenvalue weighted by Gasteiger charge is 2.34. The van der Waals surface area contributed by atoms with Crippen molar-refractivity contribution in [1.29, 1.82) is 0 Å². The molecule has 0 N–H and O–H groups in total. The van der Waals surface area contributed by atoms with Crippen LogP contribution in [0.2, 0.25) is 0 Å². The van der Waals surface area contributed by atoms with Crippen molar-refractivity contribution in [3.63, 3.8) is 0 Å². The lowest BCUT2D eigenvalue weighted by Crippen LogP contribution is -2.16. The second-order valence-corrected chi connectivity index (χ2v) is 8.33. The van der Waals surface area contributed by atoms with Crippen LogP contribution in [-0.4, -0.2) is 11.6 Å². The quantitative estimate of drug-likeness (QED) is 0.580. The van der Waals surface area contributed by atoms with Crippen LogP contribution in [0.4, 0.5) is 5.69 Å². The van der Waals surface area contributed by atoms with Crippen LogP contribution in [0.25, 0.3) is 0 Å². The molecule has 5 heteroatoms. The minimum atomic E-state index is 0.212. The standard InChI is InChI=1S/C18H17NO2S2/c20-15(12-6-7-12)10-17-19(14-4-2-1-3-5-14)18(23-22-17)11-16(21)13-8-9-13/h1-5,10-13H,6-9H2/b17-10-,18-11-. The molecule has 1 saturated heterocycles. The number of carbonyl (C=O) groups is 2. The maximum Gasteiger partial charge on any atom is 0.161 e. The minimum absolute atomic E-state index is 0.212. The van der Waals surface area contributed by atoms with Crippen LogP contribution < -0.4 is 4.90 Å². The Morgan fingerprint density at radius 1 is 0.870 bits per heavy atom. The predicted molar refractivity (Wildman–Crippen MR) is 95.7 cm³/mol. The van der Waals surface area contributed by atoms with E-state index in [0.717, 1.165) is 41.4 Å². The van der Waals surface area contributed by atoms with Gasteiger partial charge in [-0.2, -0.15) is 0 Å². The number of benzene rings is 1. The first-order valence-electron chi connectivity index (χ1n) is 7.93. The van der Waals surface area contributed by atoms with E-state index in [0.29, 0.717) is 0 Å². The van der Waals surface area contributed by atoms with Crippen LogP contribution in [0.1, 0.15) is 25.7 Å². The number of para-hydroxylation sites is 1. The SMILES string of the molecule is O=C(/C=C1\SS/C(=C\C(=O)C2CC2)N1c1ccccc1)C1CC1. The van der Waals surface area contributed by atoms with Gasteiger partial charge in [-0.1, -0.05) is 18.2 Å². The molecule has 23 heavy (non-hydrogen) atoms. The Labute approximate surface area is 143 Å². The molecule has 1 heterocycles. The second kappa shape index (κ2) is 6.21. The highest BCUT2D eigenvalue weighted by Crippen LogP contribution is 2.52. The molecule has 3 nitrogen and oxygen atoms in total. The minimum Gasteiger partial charge on any atom is -0.297 e. The Morgan fingerprint density at radius 2 is 1.35 bits per heavy atom. The fourth-order valence-electron chi connectivity index (χ4n) is 2.49. The van der Waals surface area contributed by atoms with Gasteiger partial charge in [0.25, 0.3) is 0 Å². The van der Waals surface area contributed by atoms with E-state index < -0.39 is 0 Å². The maximum absolute atomic E-state index is 12.2. The van der Waals surface area contributed by atoms with Gasteiger partial charge in [-0.3, -0.25) is 14.5 Å². The van der Waals surface area contributed by atoms with Crippen LogP contribution in [0.3, 0.4) is 0 Å². The summed E-state index contributed by atoms with van der Waals surface area (Å²) >= 11 is 0. The van der Waals surface area contributed by atoms with Crippen molar-refractivity contribution in [3.05, 3.63) is 52.5 Å². The average Bonchev–Trinajstić information content (AvgIpc) is 3.46. The van der Waals surface area contributed by atoms with Gasteiger partial charge in [0.15, 0.2) is 11.6 Å². The molecule has 0 amide bonds. The van der Waals surface area contributed by atoms with Crippen LogP contribution in [0.5, 0.6) is 0 Å². The molecular weight excluding hydrogens is 326 g/mol. The molecule has 0 atom stereocenters. The molecule has 0 bridgehead atoms. The number of rotatable bonds is 5. The maximum atomic E-state index is 12.2. The molecule has 0 radical (unpaired) electrons. The van der Waals surface area contributed by atoms with Crippen LogP contribution >= 0.6 is 21.6 Å². The van der Waals surface area contributed by atoms with E-state index in [4.69, 9.17) is 0 Å². The molecule has 118 valence electrons. The number of nitrogens with zero attached hydrogens (tertiary/aromatic N) is 1. The first-order valence-corrected chi connectivity index (χ1v) is 10.1. The zero-order valence-corrected chi connectivity index (χ0v) is 14.2. The zero-order chi connectivity index (χ0) is 15.8. The smallest absolute Gasteiger partial charge is 0.161 e. The van der Waals surface area contributed by atoms with Gasteiger partial charge < -0.3 is 0 Å². The van der Waals surface area contributed by atoms with Gasteiger partial charge in [-0.25, -0.2) is 0 Å². The van der Waals surface area contributed by atoms with Crippen molar-refractivity contribution in [3.8, 4) is 0 Å². The van der Waals surface area contributed by atoms with Gasteiger partial charge >= 0.3 is 0 Å². The Bertz CT molecular complexity index is 661. The average molecular weight is 343 g/mol. The zero-order valence-electron chi connectivity index (χ0n) is 12.6. The predicted octanol–water partition coefficient (Wildman–Crippen LogP) is 4.53. The summed E-state index contributed by atoms with van der Waals surface area (Å²) in [5.41, 5.74) is 0.995. The summed E-state index contributed by atoms with van der Waals surface area (Å²) in [7, 11) is 3.13. The number of carbonyl (C=O) groups excluding carboxylic acids is 2.